The number of aliphatic carboxylic acids is 1. The van der Waals surface area contributed by atoms with Crippen molar-refractivity contribution in [1.29, 1.82) is 0 Å². The molecule has 0 aliphatic carbocycles. The van der Waals surface area contributed by atoms with Crippen LogP contribution in [0, 0.1) is 6.92 Å². The predicted octanol–water partition coefficient (Wildman–Crippen LogP) is 0.763. The number of imidazole rings is 1. The molecular weight excluding hydrogens is 156 g/mol. The maximum Gasteiger partial charge on any atom is 0.326 e. The van der Waals surface area contributed by atoms with Crippen LogP contribution in [0.1, 0.15) is 24.0 Å². The van der Waals surface area contributed by atoms with Crippen LogP contribution in [0.25, 0.3) is 0 Å². The standard InChI is InChI=1S/C8H10N2O2/c1-5-4-9-7-3-2-6(8(11)12)10(5)7/h4,6H,2-3H2,1H3,(H,11,12). The maximum absolute atomic E-state index is 10.8. The Balaban J connectivity index is 2.46. The van der Waals surface area contributed by atoms with Crippen molar-refractivity contribution in [2.45, 2.75) is 25.8 Å². The molecule has 1 N–H and O–H groups in total. The van der Waals surface area contributed by atoms with Crippen LogP contribution in [-0.4, -0.2) is 20.6 Å². The van der Waals surface area contributed by atoms with E-state index in [-0.39, 0.29) is 6.04 Å². The van der Waals surface area contributed by atoms with E-state index in [4.69, 9.17) is 5.11 Å². The number of aryl methyl sites for hydroxylation is 2. The Bertz CT molecular complexity index is 330. The summed E-state index contributed by atoms with van der Waals surface area (Å²) in [6.07, 6.45) is 3.19. The van der Waals surface area contributed by atoms with Crippen molar-refractivity contribution in [3.63, 3.8) is 0 Å². The van der Waals surface area contributed by atoms with Crippen LogP contribution >= 0.6 is 0 Å². The molecular formula is C8H10N2O2. The predicted molar refractivity (Wildman–Crippen MR) is 42.0 cm³/mol. The number of hydrogen-bond acceptors (Lipinski definition) is 2. The van der Waals surface area contributed by atoms with Crippen LogP contribution in [-0.2, 0) is 11.2 Å². The lowest BCUT2D eigenvalue weighted by Gasteiger charge is -2.08. The van der Waals surface area contributed by atoms with Crippen molar-refractivity contribution in [2.24, 2.45) is 0 Å². The first kappa shape index (κ1) is 7.34. The fraction of sp³-hybridized carbons (Fsp3) is 0.500. The summed E-state index contributed by atoms with van der Waals surface area (Å²) in [6, 6.07) is -0.387. The summed E-state index contributed by atoms with van der Waals surface area (Å²) in [7, 11) is 0. The van der Waals surface area contributed by atoms with E-state index in [1.807, 2.05) is 11.5 Å². The van der Waals surface area contributed by atoms with E-state index in [0.717, 1.165) is 17.9 Å². The Kier molecular flexibility index (Phi) is 1.43. The number of fused-ring (bicyclic) bond motifs is 1. The van der Waals surface area contributed by atoms with E-state index in [1.165, 1.54) is 0 Å². The smallest absolute Gasteiger partial charge is 0.326 e. The molecule has 64 valence electrons. The van der Waals surface area contributed by atoms with Crippen molar-refractivity contribution in [3.8, 4) is 0 Å². The van der Waals surface area contributed by atoms with Crippen LogP contribution in [0.5, 0.6) is 0 Å². The molecule has 0 spiro atoms. The van der Waals surface area contributed by atoms with E-state index in [2.05, 4.69) is 4.98 Å². The average molecular weight is 166 g/mol. The van der Waals surface area contributed by atoms with E-state index in [1.54, 1.807) is 6.20 Å². The molecule has 4 heteroatoms. The van der Waals surface area contributed by atoms with Crippen LogP contribution in [0.15, 0.2) is 6.20 Å². The van der Waals surface area contributed by atoms with Gasteiger partial charge in [0.2, 0.25) is 0 Å². The van der Waals surface area contributed by atoms with Crippen molar-refractivity contribution in [3.05, 3.63) is 17.7 Å². The van der Waals surface area contributed by atoms with Gasteiger partial charge in [0, 0.05) is 18.3 Å². The Morgan fingerprint density at radius 3 is 3.25 bits per heavy atom. The summed E-state index contributed by atoms with van der Waals surface area (Å²) in [5.41, 5.74) is 0.940. The first-order valence-electron chi connectivity index (χ1n) is 3.95. The third-order valence-corrected chi connectivity index (χ3v) is 2.30. The van der Waals surface area contributed by atoms with E-state index >= 15 is 0 Å². The quantitative estimate of drug-likeness (QED) is 0.670. The molecule has 0 aromatic carbocycles. The Morgan fingerprint density at radius 2 is 2.58 bits per heavy atom. The van der Waals surface area contributed by atoms with Gasteiger partial charge in [-0.1, -0.05) is 0 Å². The van der Waals surface area contributed by atoms with E-state index < -0.39 is 5.97 Å². The molecule has 0 saturated heterocycles. The van der Waals surface area contributed by atoms with Crippen LogP contribution in [0.3, 0.4) is 0 Å². The second-order valence-electron chi connectivity index (χ2n) is 3.08. The lowest BCUT2D eigenvalue weighted by Crippen LogP contribution is -2.15. The zero-order chi connectivity index (χ0) is 8.72. The Labute approximate surface area is 69.8 Å². The van der Waals surface area contributed by atoms with Crippen LogP contribution in [0.2, 0.25) is 0 Å². The van der Waals surface area contributed by atoms with Gasteiger partial charge in [-0.05, 0) is 13.3 Å². The monoisotopic (exact) mass is 166 g/mol. The summed E-state index contributed by atoms with van der Waals surface area (Å²) in [4.78, 5) is 14.9. The number of aromatic nitrogens is 2. The summed E-state index contributed by atoms with van der Waals surface area (Å²) in [6.45, 7) is 1.89. The number of rotatable bonds is 1. The fourth-order valence-electron chi connectivity index (χ4n) is 1.74. The molecule has 0 amide bonds. The SMILES string of the molecule is Cc1cnc2n1C(C(=O)O)CC2. The van der Waals surface area contributed by atoms with Crippen molar-refractivity contribution >= 4 is 5.97 Å². The van der Waals surface area contributed by atoms with Crippen molar-refractivity contribution < 1.29 is 9.90 Å². The molecule has 0 radical (unpaired) electrons. The number of carbonyl (C=O) groups is 1. The van der Waals surface area contributed by atoms with Gasteiger partial charge < -0.3 is 9.67 Å². The molecule has 0 fully saturated rings. The van der Waals surface area contributed by atoms with Gasteiger partial charge in [-0.15, -0.1) is 0 Å². The summed E-state index contributed by atoms with van der Waals surface area (Å²) in [5.74, 6) is 0.148. The highest BCUT2D eigenvalue weighted by atomic mass is 16.4. The van der Waals surface area contributed by atoms with Gasteiger partial charge in [0.25, 0.3) is 0 Å². The molecule has 1 aliphatic heterocycles. The summed E-state index contributed by atoms with van der Waals surface area (Å²) >= 11 is 0. The molecule has 2 heterocycles. The zero-order valence-electron chi connectivity index (χ0n) is 6.82. The van der Waals surface area contributed by atoms with Gasteiger partial charge in [-0.3, -0.25) is 0 Å². The first-order chi connectivity index (χ1) is 5.70. The molecule has 1 atom stereocenters. The van der Waals surface area contributed by atoms with Crippen molar-refractivity contribution in [2.75, 3.05) is 0 Å². The topological polar surface area (TPSA) is 55.1 Å². The second kappa shape index (κ2) is 2.33. The van der Waals surface area contributed by atoms with E-state index in [0.29, 0.717) is 6.42 Å². The van der Waals surface area contributed by atoms with Crippen LogP contribution in [0.4, 0.5) is 0 Å². The molecule has 12 heavy (non-hydrogen) atoms. The molecule has 0 saturated carbocycles. The van der Waals surface area contributed by atoms with Gasteiger partial charge in [0.15, 0.2) is 0 Å². The number of carboxylic acids is 1. The highest BCUT2D eigenvalue weighted by Gasteiger charge is 2.29. The minimum atomic E-state index is -0.755. The molecule has 1 aromatic rings. The minimum absolute atomic E-state index is 0.387. The molecule has 4 nitrogen and oxygen atoms in total. The van der Waals surface area contributed by atoms with E-state index in [9.17, 15) is 4.79 Å². The Morgan fingerprint density at radius 1 is 1.83 bits per heavy atom. The summed E-state index contributed by atoms with van der Waals surface area (Å²) < 4.78 is 1.81. The normalized spacial score (nSPS) is 20.9. The highest BCUT2D eigenvalue weighted by molar-refractivity contribution is 5.72. The second-order valence-corrected chi connectivity index (χ2v) is 3.08. The third-order valence-electron chi connectivity index (χ3n) is 2.30. The van der Waals surface area contributed by atoms with Gasteiger partial charge in [-0.25, -0.2) is 9.78 Å². The number of carboxylic acid groups (broad SMARTS) is 1. The van der Waals surface area contributed by atoms with Gasteiger partial charge >= 0.3 is 5.97 Å². The first-order valence-corrected chi connectivity index (χ1v) is 3.95. The minimum Gasteiger partial charge on any atom is -0.480 e. The Hall–Kier alpha value is -1.32. The summed E-state index contributed by atoms with van der Waals surface area (Å²) in [5, 5.41) is 8.85. The van der Waals surface area contributed by atoms with Gasteiger partial charge in [0.1, 0.15) is 11.9 Å². The lowest BCUT2D eigenvalue weighted by molar-refractivity contribution is -0.140. The molecule has 0 bridgehead atoms. The number of nitrogens with zero attached hydrogens (tertiary/aromatic N) is 2. The van der Waals surface area contributed by atoms with Crippen LogP contribution < -0.4 is 0 Å². The lowest BCUT2D eigenvalue weighted by atomic mass is 10.2. The highest BCUT2D eigenvalue weighted by Crippen LogP contribution is 2.26. The van der Waals surface area contributed by atoms with Gasteiger partial charge in [-0.2, -0.15) is 0 Å². The number of hydrogen-bond donors (Lipinski definition) is 1. The molecule has 1 unspecified atom stereocenters. The maximum atomic E-state index is 10.8. The van der Waals surface area contributed by atoms with Gasteiger partial charge in [0.05, 0.1) is 0 Å². The largest absolute Gasteiger partial charge is 0.480 e. The molecule has 1 aliphatic rings. The zero-order valence-corrected chi connectivity index (χ0v) is 6.82. The molecule has 2 rings (SSSR count). The fourth-order valence-corrected chi connectivity index (χ4v) is 1.74. The average Bonchev–Trinajstić information content (AvgIpc) is 2.53. The third kappa shape index (κ3) is 0.841. The van der Waals surface area contributed by atoms with Crippen molar-refractivity contribution in [1.82, 2.24) is 9.55 Å². The molecule has 1 aromatic heterocycles.